The highest BCUT2D eigenvalue weighted by Gasteiger charge is 2.48. The maximum Gasteiger partial charge on any atom is 0.167 e. The van der Waals surface area contributed by atoms with Crippen LogP contribution in [0.1, 0.15) is 12.5 Å². The Balaban J connectivity index is 1.16. The zero-order chi connectivity index (χ0) is 29.4. The van der Waals surface area contributed by atoms with Gasteiger partial charge in [-0.3, -0.25) is 14.4 Å². The van der Waals surface area contributed by atoms with Gasteiger partial charge in [0.25, 0.3) is 0 Å². The number of hydrogen-bond donors (Lipinski definition) is 5. The molecule has 0 amide bonds. The number of anilines is 2. The van der Waals surface area contributed by atoms with Crippen molar-refractivity contribution in [1.29, 1.82) is 0 Å². The topological polar surface area (TPSA) is 237 Å². The van der Waals surface area contributed by atoms with E-state index in [1.807, 2.05) is 0 Å². The molecule has 2 fully saturated rings. The lowest BCUT2D eigenvalue weighted by Gasteiger charge is -2.21. The van der Waals surface area contributed by atoms with Gasteiger partial charge in [0.15, 0.2) is 41.7 Å². The van der Waals surface area contributed by atoms with Crippen molar-refractivity contribution >= 4 is 51.8 Å². The summed E-state index contributed by atoms with van der Waals surface area (Å²) in [5.41, 5.74) is 16.0. The first-order valence-corrected chi connectivity index (χ1v) is 14.8. The summed E-state index contributed by atoms with van der Waals surface area (Å²) in [6.45, 7) is 0.0972. The smallest absolute Gasteiger partial charge is 0.167 e. The summed E-state index contributed by atoms with van der Waals surface area (Å²) >= 11 is 0. The molecule has 2 saturated heterocycles. The third-order valence-corrected chi connectivity index (χ3v) is 8.91. The van der Waals surface area contributed by atoms with Crippen molar-refractivity contribution in [1.82, 2.24) is 39.0 Å². The summed E-state index contributed by atoms with van der Waals surface area (Å²) < 4.78 is 21.2. The second-order valence-electron chi connectivity index (χ2n) is 9.63. The molecule has 0 spiro atoms. The lowest BCUT2D eigenvalue weighted by atomic mass is 10.1. The van der Waals surface area contributed by atoms with E-state index in [-0.39, 0.29) is 26.8 Å². The first kappa shape index (κ1) is 28.9. The molecule has 0 aliphatic carbocycles. The SMILES string of the molecule is Nc1ncnc2c1ncn2C1OC(OCC#CP)C(CPCC2OC(n3cnc4c(N)ncnc43)C(O)C2OO)C1O. The monoisotopic (exact) mass is 618 g/mol. The first-order valence-electron chi connectivity index (χ1n) is 12.8. The van der Waals surface area contributed by atoms with Crippen LogP contribution in [0.15, 0.2) is 25.3 Å². The molecule has 0 bridgehead atoms. The van der Waals surface area contributed by atoms with E-state index in [2.05, 4.69) is 55.6 Å². The predicted octanol–water partition coefficient (Wildman–Crippen LogP) is -0.690. The third-order valence-electron chi connectivity index (χ3n) is 7.25. The molecular formula is C23H28N10O7P2. The van der Waals surface area contributed by atoms with Crippen molar-refractivity contribution in [3.63, 3.8) is 0 Å². The number of fused-ring (bicyclic) bond motifs is 2. The van der Waals surface area contributed by atoms with Crippen molar-refractivity contribution in [3.8, 4) is 11.6 Å². The van der Waals surface area contributed by atoms with Crippen LogP contribution in [-0.4, -0.2) is 104 Å². The average molecular weight is 618 g/mol. The number of aromatic nitrogens is 8. The number of ether oxygens (including phenoxy) is 3. The van der Waals surface area contributed by atoms with Gasteiger partial charge in [0.1, 0.15) is 48.6 Å². The Morgan fingerprint density at radius 2 is 1.52 bits per heavy atom. The quantitative estimate of drug-likeness (QED) is 0.0675. The van der Waals surface area contributed by atoms with Crippen molar-refractivity contribution in [2.45, 2.75) is 43.2 Å². The lowest BCUT2D eigenvalue weighted by molar-refractivity contribution is -0.297. The summed E-state index contributed by atoms with van der Waals surface area (Å²) in [5.74, 6) is 2.76. The Morgan fingerprint density at radius 3 is 2.12 bits per heavy atom. The van der Waals surface area contributed by atoms with E-state index >= 15 is 0 Å². The van der Waals surface area contributed by atoms with Gasteiger partial charge in [0.05, 0.1) is 18.8 Å². The number of imidazole rings is 2. The molecule has 17 nitrogen and oxygen atoms in total. The summed E-state index contributed by atoms with van der Waals surface area (Å²) in [6, 6.07) is 0. The van der Waals surface area contributed by atoms with Gasteiger partial charge in [0.2, 0.25) is 0 Å². The number of hydrogen-bond acceptors (Lipinski definition) is 15. The molecule has 6 rings (SSSR count). The predicted molar refractivity (Wildman–Crippen MR) is 152 cm³/mol. The fourth-order valence-electron chi connectivity index (χ4n) is 5.22. The molecule has 4 aromatic rings. The molecule has 10 atom stereocenters. The Morgan fingerprint density at radius 1 is 0.905 bits per heavy atom. The van der Waals surface area contributed by atoms with E-state index in [9.17, 15) is 15.5 Å². The number of rotatable bonds is 9. The molecule has 10 unspecified atom stereocenters. The van der Waals surface area contributed by atoms with E-state index in [1.165, 1.54) is 29.9 Å². The van der Waals surface area contributed by atoms with Crippen LogP contribution in [0.5, 0.6) is 0 Å². The third kappa shape index (κ3) is 5.15. The van der Waals surface area contributed by atoms with E-state index in [0.29, 0.717) is 34.7 Å². The molecule has 0 aromatic carbocycles. The highest BCUT2D eigenvalue weighted by molar-refractivity contribution is 7.38. The maximum absolute atomic E-state index is 11.4. The van der Waals surface area contributed by atoms with Crippen LogP contribution in [0, 0.1) is 17.5 Å². The van der Waals surface area contributed by atoms with E-state index < -0.39 is 49.1 Å². The minimum atomic E-state index is -1.23. The largest absolute Gasteiger partial charge is 0.388 e. The number of aliphatic hydroxyl groups is 2. The first-order chi connectivity index (χ1) is 20.4. The number of nitrogen functional groups attached to an aromatic ring is 2. The molecule has 42 heavy (non-hydrogen) atoms. The number of aliphatic hydroxyl groups excluding tert-OH is 2. The molecule has 2 aliphatic rings. The fourth-order valence-corrected chi connectivity index (χ4v) is 6.85. The molecule has 7 N–H and O–H groups in total. The van der Waals surface area contributed by atoms with Crippen LogP contribution in [-0.2, 0) is 19.1 Å². The minimum absolute atomic E-state index is 0.0972. The second kappa shape index (κ2) is 12.2. The highest BCUT2D eigenvalue weighted by Crippen LogP contribution is 2.41. The van der Waals surface area contributed by atoms with Crippen LogP contribution in [0.2, 0.25) is 0 Å². The molecule has 19 heteroatoms. The van der Waals surface area contributed by atoms with E-state index in [0.717, 1.165) is 0 Å². The van der Waals surface area contributed by atoms with Gasteiger partial charge in [-0.15, -0.1) is 8.58 Å². The number of nitrogens with zero attached hydrogens (tertiary/aromatic N) is 8. The summed E-state index contributed by atoms with van der Waals surface area (Å²) in [5, 5.41) is 31.9. The molecule has 0 saturated carbocycles. The minimum Gasteiger partial charge on any atom is -0.388 e. The normalized spacial score (nSPS) is 29.6. The molecule has 222 valence electrons. The van der Waals surface area contributed by atoms with Crippen molar-refractivity contribution < 1.29 is 34.6 Å². The lowest BCUT2D eigenvalue weighted by Crippen LogP contribution is -2.35. The molecule has 6 heterocycles. The highest BCUT2D eigenvalue weighted by atomic mass is 31.1. The van der Waals surface area contributed by atoms with Gasteiger partial charge in [-0.25, -0.2) is 34.8 Å². The molecule has 4 aromatic heterocycles. The van der Waals surface area contributed by atoms with E-state index in [1.54, 1.807) is 4.57 Å². The van der Waals surface area contributed by atoms with Crippen LogP contribution >= 0.6 is 17.8 Å². The van der Waals surface area contributed by atoms with Gasteiger partial charge in [-0.2, -0.15) is 0 Å². The standard InChI is InChI=1S/C23H28N10O7P2/c24-17-12-19(28-6-26-17)32(8-30-12)21-14(34)10(23(39-21)37-2-1-3-41)4-42-5-11-16(40-36)15(35)22(38-11)33-9-31-13-18(25)27-7-29-20(13)33/h6-11,14-16,21-23,34-36,42H,2,4-5,41H2,(H2,24,26,28)(H2,25,27,29). The zero-order valence-corrected chi connectivity index (χ0v) is 24.0. The fraction of sp³-hybridized carbons (Fsp3) is 0.478. The Hall–Kier alpha value is -3.16. The van der Waals surface area contributed by atoms with Crippen LogP contribution in [0.3, 0.4) is 0 Å². The van der Waals surface area contributed by atoms with Crippen molar-refractivity contribution in [3.05, 3.63) is 25.3 Å². The Bertz CT molecular complexity index is 1630. The maximum atomic E-state index is 11.4. The van der Waals surface area contributed by atoms with E-state index in [4.69, 9.17) is 25.7 Å². The zero-order valence-electron chi connectivity index (χ0n) is 21.8. The van der Waals surface area contributed by atoms with Gasteiger partial charge in [0, 0.05) is 5.92 Å². The van der Waals surface area contributed by atoms with Crippen LogP contribution in [0.4, 0.5) is 11.6 Å². The van der Waals surface area contributed by atoms with Gasteiger partial charge in [-0.1, -0.05) is 20.8 Å². The molecular weight excluding hydrogens is 590 g/mol. The average Bonchev–Trinajstić information content (AvgIpc) is 3.74. The van der Waals surface area contributed by atoms with Crippen molar-refractivity contribution in [2.24, 2.45) is 5.92 Å². The van der Waals surface area contributed by atoms with Gasteiger partial charge >= 0.3 is 0 Å². The Labute approximate surface area is 241 Å². The molecule has 2 aliphatic heterocycles. The Kier molecular flexibility index (Phi) is 8.42. The van der Waals surface area contributed by atoms with Crippen molar-refractivity contribution in [2.75, 3.05) is 30.4 Å². The number of nitrogens with two attached hydrogens (primary N) is 2. The molecule has 0 radical (unpaired) electrons. The van der Waals surface area contributed by atoms with Crippen LogP contribution < -0.4 is 11.5 Å². The second-order valence-corrected chi connectivity index (χ2v) is 11.2. The summed E-state index contributed by atoms with van der Waals surface area (Å²) in [4.78, 5) is 29.5. The van der Waals surface area contributed by atoms with Gasteiger partial charge < -0.3 is 35.9 Å². The van der Waals surface area contributed by atoms with Crippen LogP contribution in [0.25, 0.3) is 22.3 Å². The summed E-state index contributed by atoms with van der Waals surface area (Å²) in [6.07, 6.45) is -0.112. The summed E-state index contributed by atoms with van der Waals surface area (Å²) in [7, 11) is 2.49. The van der Waals surface area contributed by atoms with Gasteiger partial charge in [-0.05, 0) is 12.3 Å².